The summed E-state index contributed by atoms with van der Waals surface area (Å²) in [6, 6.07) is 9.77. The van der Waals surface area contributed by atoms with Crippen molar-refractivity contribution in [2.45, 2.75) is 66.0 Å². The number of nitrogens with one attached hydrogen (secondary N) is 1. The molecular weight excluding hydrogens is 570 g/mol. The van der Waals surface area contributed by atoms with Crippen LogP contribution < -0.4 is 10.1 Å². The van der Waals surface area contributed by atoms with Gasteiger partial charge in [-0.3, -0.25) is 15.1 Å². The van der Waals surface area contributed by atoms with Gasteiger partial charge >= 0.3 is 6.09 Å². The van der Waals surface area contributed by atoms with Crippen molar-refractivity contribution in [2.75, 3.05) is 25.0 Å². The minimum absolute atomic E-state index is 0.260. The third kappa shape index (κ3) is 6.57. The van der Waals surface area contributed by atoms with Crippen molar-refractivity contribution in [1.82, 2.24) is 29.2 Å². The molecule has 2 amide bonds. The van der Waals surface area contributed by atoms with Crippen LogP contribution in [-0.2, 0) is 18.3 Å². The van der Waals surface area contributed by atoms with Gasteiger partial charge in [-0.15, -0.1) is 0 Å². The highest BCUT2D eigenvalue weighted by Crippen LogP contribution is 2.32. The zero-order valence-corrected chi connectivity index (χ0v) is 26.9. The molecule has 0 unspecified atom stereocenters. The minimum Gasteiger partial charge on any atom is -0.477 e. The summed E-state index contributed by atoms with van der Waals surface area (Å²) in [4.78, 5) is 37.6. The number of rotatable bonds is 1. The maximum absolute atomic E-state index is 13.7. The molecule has 11 nitrogen and oxygen atoms in total. The number of imidazole rings is 1. The molecule has 236 valence electrons. The van der Waals surface area contributed by atoms with Crippen LogP contribution in [0, 0.1) is 12.8 Å². The van der Waals surface area contributed by atoms with Crippen LogP contribution in [-0.4, -0.2) is 66.5 Å². The van der Waals surface area contributed by atoms with E-state index in [0.717, 1.165) is 47.1 Å². The predicted molar refractivity (Wildman–Crippen MR) is 173 cm³/mol. The largest absolute Gasteiger partial charge is 0.477 e. The summed E-state index contributed by atoms with van der Waals surface area (Å²) in [5, 5.41) is 7.49. The highest BCUT2D eigenvalue weighted by Gasteiger charge is 2.25. The van der Waals surface area contributed by atoms with Crippen LogP contribution in [0.2, 0.25) is 0 Å². The molecule has 1 atom stereocenters. The summed E-state index contributed by atoms with van der Waals surface area (Å²) < 4.78 is 15.6. The fourth-order valence-electron chi connectivity index (χ4n) is 5.91. The lowest BCUT2D eigenvalue weighted by Crippen LogP contribution is -2.39. The Hall–Kier alpha value is -4.67. The van der Waals surface area contributed by atoms with Crippen LogP contribution in [0.1, 0.15) is 68.6 Å². The number of anilines is 1. The first kappa shape index (κ1) is 30.4. The summed E-state index contributed by atoms with van der Waals surface area (Å²) in [5.41, 5.74) is 6.08. The molecule has 0 aliphatic carbocycles. The van der Waals surface area contributed by atoms with Crippen molar-refractivity contribution in [1.29, 1.82) is 0 Å². The maximum atomic E-state index is 13.7. The zero-order chi connectivity index (χ0) is 31.9. The summed E-state index contributed by atoms with van der Waals surface area (Å²) in [6.07, 6.45) is 6.04. The molecule has 11 heteroatoms. The van der Waals surface area contributed by atoms with Gasteiger partial charge in [-0.2, -0.15) is 5.10 Å². The van der Waals surface area contributed by atoms with Crippen molar-refractivity contribution in [3.63, 3.8) is 0 Å². The molecule has 0 spiro atoms. The first-order chi connectivity index (χ1) is 21.4. The molecule has 0 radical (unpaired) electrons. The van der Waals surface area contributed by atoms with Gasteiger partial charge in [0.1, 0.15) is 5.60 Å². The molecule has 1 aromatic carbocycles. The topological polar surface area (TPSA) is 116 Å². The van der Waals surface area contributed by atoms with Gasteiger partial charge in [0.25, 0.3) is 5.91 Å². The van der Waals surface area contributed by atoms with Crippen molar-refractivity contribution < 1.29 is 19.1 Å². The van der Waals surface area contributed by atoms with Gasteiger partial charge in [0.15, 0.2) is 0 Å². The Balaban J connectivity index is 1.33. The van der Waals surface area contributed by atoms with E-state index in [-0.39, 0.29) is 12.0 Å². The van der Waals surface area contributed by atoms with E-state index in [2.05, 4.69) is 45.1 Å². The van der Waals surface area contributed by atoms with E-state index in [4.69, 9.17) is 14.5 Å². The van der Waals surface area contributed by atoms with Crippen LogP contribution in [0.15, 0.2) is 42.6 Å². The molecular formula is C34H41N7O4. The van der Waals surface area contributed by atoms with E-state index in [1.165, 1.54) is 5.57 Å². The lowest BCUT2D eigenvalue weighted by molar-refractivity contribution is 0.0270. The molecule has 0 fully saturated rings. The number of fused-ring (bicyclic) bond motifs is 7. The Kier molecular flexibility index (Phi) is 8.11. The monoisotopic (exact) mass is 611 g/mol. The smallest absolute Gasteiger partial charge is 0.410 e. The number of hydrogen-bond acceptors (Lipinski definition) is 7. The normalized spacial score (nSPS) is 17.7. The Bertz CT molecular complexity index is 1800. The number of ether oxygens (including phenoxy) is 2. The highest BCUT2D eigenvalue weighted by molar-refractivity contribution is 6.05. The lowest BCUT2D eigenvalue weighted by Gasteiger charge is -2.29. The van der Waals surface area contributed by atoms with Gasteiger partial charge in [-0.05, 0) is 88.3 Å². The number of nitrogens with zero attached hydrogens (tertiary/aromatic N) is 6. The zero-order valence-electron chi connectivity index (χ0n) is 26.9. The Morgan fingerprint density at radius 2 is 1.96 bits per heavy atom. The summed E-state index contributed by atoms with van der Waals surface area (Å²) in [7, 11) is 1.84. The highest BCUT2D eigenvalue weighted by atomic mass is 16.6. The molecule has 0 saturated carbocycles. The molecule has 4 aromatic rings. The average molecular weight is 612 g/mol. The first-order valence-electron chi connectivity index (χ1n) is 15.6. The number of aromatic nitrogens is 5. The second-order valence-corrected chi connectivity index (χ2v) is 13.1. The van der Waals surface area contributed by atoms with E-state index < -0.39 is 5.60 Å². The number of benzene rings is 1. The molecule has 6 rings (SSSR count). The number of aryl methyl sites for hydroxylation is 2. The van der Waals surface area contributed by atoms with Crippen LogP contribution in [0.25, 0.3) is 27.9 Å². The molecule has 3 aromatic heterocycles. The average Bonchev–Trinajstić information content (AvgIpc) is 3.52. The molecule has 0 saturated heterocycles. The Morgan fingerprint density at radius 3 is 2.71 bits per heavy atom. The second-order valence-electron chi connectivity index (χ2n) is 13.1. The van der Waals surface area contributed by atoms with Crippen molar-refractivity contribution in [3.8, 4) is 17.1 Å². The fourth-order valence-corrected chi connectivity index (χ4v) is 5.91. The van der Waals surface area contributed by atoms with Gasteiger partial charge in [-0.25, -0.2) is 14.5 Å². The number of carbonyl (C=O) groups is 2. The van der Waals surface area contributed by atoms with Gasteiger partial charge in [0.2, 0.25) is 11.8 Å². The van der Waals surface area contributed by atoms with Crippen LogP contribution in [0.3, 0.4) is 0 Å². The molecule has 2 aliphatic rings. The lowest BCUT2D eigenvalue weighted by atomic mass is 9.99. The van der Waals surface area contributed by atoms with Crippen LogP contribution in [0.5, 0.6) is 5.88 Å². The molecule has 2 aliphatic heterocycles. The molecule has 5 heterocycles. The number of carbonyl (C=O) groups excluding carboxylic acids is 2. The molecule has 45 heavy (non-hydrogen) atoms. The Labute approximate surface area is 263 Å². The third-order valence-electron chi connectivity index (χ3n) is 8.16. The van der Waals surface area contributed by atoms with Crippen LogP contribution in [0.4, 0.5) is 10.7 Å². The van der Waals surface area contributed by atoms with E-state index in [1.807, 2.05) is 40.8 Å². The molecule has 1 N–H and O–H groups in total. The van der Waals surface area contributed by atoms with Crippen LogP contribution >= 0.6 is 0 Å². The minimum atomic E-state index is -0.529. The van der Waals surface area contributed by atoms with E-state index in [9.17, 15) is 9.59 Å². The van der Waals surface area contributed by atoms with Gasteiger partial charge in [-0.1, -0.05) is 19.1 Å². The SMILES string of the molecule is Cc1cc2cc(n1)-c1cnn(C)c1OCCC[C@@H](C)Cn1c(nc3ccc(C4=CCN(C(=O)OC(C)(C)C)CC4)cc31)NC2=O. The third-order valence-corrected chi connectivity index (χ3v) is 8.16. The van der Waals surface area contributed by atoms with Gasteiger partial charge in [0.05, 0.1) is 35.1 Å². The number of amides is 2. The number of hydrogen-bond donors (Lipinski definition) is 1. The van der Waals surface area contributed by atoms with Crippen molar-refractivity contribution >= 4 is 34.6 Å². The summed E-state index contributed by atoms with van der Waals surface area (Å²) in [5.74, 6) is 1.18. The van der Waals surface area contributed by atoms with E-state index in [0.29, 0.717) is 55.2 Å². The predicted octanol–water partition coefficient (Wildman–Crippen LogP) is 6.23. The maximum Gasteiger partial charge on any atom is 0.410 e. The van der Waals surface area contributed by atoms with Crippen molar-refractivity contribution in [2.24, 2.45) is 13.0 Å². The Morgan fingerprint density at radius 1 is 1.13 bits per heavy atom. The standard InChI is InChI=1S/C34H41N7O4/c1-21-8-7-15-44-31-26(19-35-39(31)6)28-17-25(16-22(2)36-28)30(42)38-32-37-27-10-9-24(18-29(27)41(32)20-21)23-11-13-40(14-12-23)33(43)45-34(3,4)5/h9-11,16-19,21H,7-8,12-15,20H2,1-6H3,(H,37,38,42)/t21-/m1/s1. The van der Waals surface area contributed by atoms with E-state index >= 15 is 0 Å². The summed E-state index contributed by atoms with van der Waals surface area (Å²) >= 11 is 0. The number of pyridine rings is 1. The summed E-state index contributed by atoms with van der Waals surface area (Å²) in [6.45, 7) is 12.0. The van der Waals surface area contributed by atoms with Gasteiger partial charge in [0, 0.05) is 37.9 Å². The van der Waals surface area contributed by atoms with Crippen molar-refractivity contribution in [3.05, 3.63) is 59.4 Å². The molecule has 2 bridgehead atoms. The van der Waals surface area contributed by atoms with Gasteiger partial charge < -0.3 is 18.9 Å². The second kappa shape index (κ2) is 12.0. The first-order valence-corrected chi connectivity index (χ1v) is 15.6. The quantitative estimate of drug-likeness (QED) is 0.271. The van der Waals surface area contributed by atoms with E-state index in [1.54, 1.807) is 27.9 Å². The fraction of sp³-hybridized carbons (Fsp3) is 0.441.